The van der Waals surface area contributed by atoms with Crippen LogP contribution in [0.5, 0.6) is 0 Å². The third-order valence-corrected chi connectivity index (χ3v) is 3.44. The van der Waals surface area contributed by atoms with Crippen molar-refractivity contribution in [2.45, 2.75) is 19.1 Å². The van der Waals surface area contributed by atoms with E-state index in [4.69, 9.17) is 16.0 Å². The van der Waals surface area contributed by atoms with Crippen molar-refractivity contribution in [2.75, 3.05) is 5.32 Å². The summed E-state index contributed by atoms with van der Waals surface area (Å²) in [6.07, 6.45) is -4.40. The fourth-order valence-electron chi connectivity index (χ4n) is 1.68. The minimum Gasteiger partial charge on any atom is -0.452 e. The quantitative estimate of drug-likeness (QED) is 0.731. The van der Waals surface area contributed by atoms with Gasteiger partial charge in [-0.2, -0.15) is 13.2 Å². The zero-order chi connectivity index (χ0) is 14.9. The summed E-state index contributed by atoms with van der Waals surface area (Å²) in [6.45, 7) is 1.77. The summed E-state index contributed by atoms with van der Waals surface area (Å²) in [6, 6.07) is 6.27. The van der Waals surface area contributed by atoms with Crippen molar-refractivity contribution >= 4 is 33.2 Å². The molecule has 1 aromatic carbocycles. The Morgan fingerprint density at radius 1 is 1.25 bits per heavy atom. The zero-order valence-corrected chi connectivity index (χ0v) is 12.6. The van der Waals surface area contributed by atoms with Crippen LogP contribution in [-0.2, 0) is 6.18 Å². The van der Waals surface area contributed by atoms with Gasteiger partial charge in [-0.3, -0.25) is 0 Å². The van der Waals surface area contributed by atoms with Gasteiger partial charge in [0.2, 0.25) is 0 Å². The van der Waals surface area contributed by atoms with E-state index in [2.05, 4.69) is 21.2 Å². The molecule has 7 heteroatoms. The lowest BCUT2D eigenvalue weighted by Crippen LogP contribution is -2.09. The molecule has 1 unspecified atom stereocenters. The van der Waals surface area contributed by atoms with Gasteiger partial charge in [-0.1, -0.05) is 11.6 Å². The van der Waals surface area contributed by atoms with E-state index < -0.39 is 11.7 Å². The standard InChI is InChI=1S/C13H10BrClF3NO/c1-7(11-4-5-12(14)20-11)19-10-6-8(13(16,17)18)2-3-9(10)15/h2-7,19H,1H3. The van der Waals surface area contributed by atoms with Crippen molar-refractivity contribution < 1.29 is 17.6 Å². The van der Waals surface area contributed by atoms with E-state index in [0.717, 1.165) is 12.1 Å². The maximum absolute atomic E-state index is 12.7. The van der Waals surface area contributed by atoms with Crippen LogP contribution >= 0.6 is 27.5 Å². The molecule has 0 fully saturated rings. The van der Waals surface area contributed by atoms with E-state index in [1.807, 2.05) is 0 Å². The fraction of sp³-hybridized carbons (Fsp3) is 0.231. The van der Waals surface area contributed by atoms with Gasteiger partial charge in [0.25, 0.3) is 0 Å². The van der Waals surface area contributed by atoms with Gasteiger partial charge in [0.15, 0.2) is 4.67 Å². The molecular weight excluding hydrogens is 358 g/mol. The van der Waals surface area contributed by atoms with E-state index in [-0.39, 0.29) is 16.8 Å². The first-order valence-electron chi connectivity index (χ1n) is 5.66. The monoisotopic (exact) mass is 367 g/mol. The lowest BCUT2D eigenvalue weighted by molar-refractivity contribution is -0.137. The largest absolute Gasteiger partial charge is 0.452 e. The third-order valence-electron chi connectivity index (χ3n) is 2.69. The van der Waals surface area contributed by atoms with Crippen LogP contribution in [0.1, 0.15) is 24.3 Å². The molecule has 0 amide bonds. The highest BCUT2D eigenvalue weighted by Crippen LogP contribution is 2.35. The number of benzene rings is 1. The molecule has 1 atom stereocenters. The number of rotatable bonds is 3. The Hall–Kier alpha value is -1.14. The normalized spacial score (nSPS) is 13.3. The summed E-state index contributed by atoms with van der Waals surface area (Å²) in [5, 5.41) is 3.12. The van der Waals surface area contributed by atoms with E-state index in [1.165, 1.54) is 6.07 Å². The van der Waals surface area contributed by atoms with Gasteiger partial charge in [-0.15, -0.1) is 0 Å². The predicted molar refractivity (Wildman–Crippen MR) is 74.9 cm³/mol. The molecule has 0 saturated carbocycles. The lowest BCUT2D eigenvalue weighted by Gasteiger charge is -2.16. The first kappa shape index (κ1) is 15.3. The van der Waals surface area contributed by atoms with Gasteiger partial charge < -0.3 is 9.73 Å². The topological polar surface area (TPSA) is 25.2 Å². The summed E-state index contributed by atoms with van der Waals surface area (Å²) in [4.78, 5) is 0. The fourth-order valence-corrected chi connectivity index (χ4v) is 2.17. The van der Waals surface area contributed by atoms with Gasteiger partial charge in [-0.25, -0.2) is 0 Å². The number of alkyl halides is 3. The van der Waals surface area contributed by atoms with E-state index in [0.29, 0.717) is 10.4 Å². The van der Waals surface area contributed by atoms with Crippen LogP contribution < -0.4 is 5.32 Å². The summed E-state index contributed by atoms with van der Waals surface area (Å²) < 4.78 is 43.9. The molecule has 0 spiro atoms. The Bertz CT molecular complexity index is 612. The number of nitrogens with one attached hydrogen (secondary N) is 1. The summed E-state index contributed by atoms with van der Waals surface area (Å²) >= 11 is 9.08. The maximum Gasteiger partial charge on any atom is 0.416 e. The molecule has 108 valence electrons. The van der Waals surface area contributed by atoms with Gasteiger partial charge in [0.1, 0.15) is 5.76 Å². The number of hydrogen-bond donors (Lipinski definition) is 1. The van der Waals surface area contributed by atoms with Crippen molar-refractivity contribution in [3.8, 4) is 0 Å². The van der Waals surface area contributed by atoms with Crippen molar-refractivity contribution in [2.24, 2.45) is 0 Å². The molecule has 1 N–H and O–H groups in total. The number of anilines is 1. The molecule has 1 heterocycles. The third kappa shape index (κ3) is 3.49. The molecule has 0 aliphatic carbocycles. The first-order valence-corrected chi connectivity index (χ1v) is 6.83. The van der Waals surface area contributed by atoms with Gasteiger partial charge in [-0.05, 0) is 53.2 Å². The Morgan fingerprint density at radius 3 is 2.50 bits per heavy atom. The SMILES string of the molecule is CC(Nc1cc(C(F)(F)F)ccc1Cl)c1ccc(Br)o1. The molecule has 20 heavy (non-hydrogen) atoms. The zero-order valence-electron chi connectivity index (χ0n) is 10.3. The molecule has 2 aromatic rings. The molecule has 0 aliphatic rings. The Morgan fingerprint density at radius 2 is 1.95 bits per heavy atom. The van der Waals surface area contributed by atoms with E-state index >= 15 is 0 Å². The van der Waals surface area contributed by atoms with Gasteiger partial charge in [0, 0.05) is 0 Å². The highest BCUT2D eigenvalue weighted by Gasteiger charge is 2.31. The predicted octanol–water partition coefficient (Wildman–Crippen LogP) is 5.89. The molecule has 2 nitrogen and oxygen atoms in total. The highest BCUT2D eigenvalue weighted by molar-refractivity contribution is 9.10. The average molecular weight is 369 g/mol. The second-order valence-electron chi connectivity index (χ2n) is 4.20. The average Bonchev–Trinajstić information content (AvgIpc) is 2.77. The molecule has 0 bridgehead atoms. The summed E-state index contributed by atoms with van der Waals surface area (Å²) in [5.74, 6) is 0.588. The summed E-state index contributed by atoms with van der Waals surface area (Å²) in [7, 11) is 0. The number of hydrogen-bond acceptors (Lipinski definition) is 2. The second kappa shape index (κ2) is 5.69. The van der Waals surface area contributed by atoms with Gasteiger partial charge >= 0.3 is 6.18 Å². The van der Waals surface area contributed by atoms with Crippen LogP contribution in [0, 0.1) is 0 Å². The molecule has 0 radical (unpaired) electrons. The smallest absolute Gasteiger partial charge is 0.416 e. The minimum atomic E-state index is -4.40. The molecular formula is C13H10BrClF3NO. The maximum atomic E-state index is 12.7. The Balaban J connectivity index is 2.24. The molecule has 1 aromatic heterocycles. The van der Waals surface area contributed by atoms with E-state index in [1.54, 1.807) is 19.1 Å². The number of furan rings is 1. The molecule has 0 aliphatic heterocycles. The summed E-state index contributed by atoms with van der Waals surface area (Å²) in [5.41, 5.74) is -0.543. The first-order chi connectivity index (χ1) is 9.27. The van der Waals surface area contributed by atoms with Crippen molar-refractivity contribution in [3.05, 3.63) is 51.3 Å². The highest BCUT2D eigenvalue weighted by atomic mass is 79.9. The van der Waals surface area contributed by atoms with Crippen LogP contribution in [0.15, 0.2) is 39.4 Å². The van der Waals surface area contributed by atoms with Crippen LogP contribution in [0.2, 0.25) is 5.02 Å². The van der Waals surface area contributed by atoms with Crippen molar-refractivity contribution in [3.63, 3.8) is 0 Å². The Labute approximate surface area is 127 Å². The van der Waals surface area contributed by atoms with Gasteiger partial charge in [0.05, 0.1) is 22.3 Å². The number of halogens is 5. The Kier molecular flexibility index (Phi) is 4.34. The van der Waals surface area contributed by atoms with E-state index in [9.17, 15) is 13.2 Å². The van der Waals surface area contributed by atoms with Crippen LogP contribution in [0.4, 0.5) is 18.9 Å². The van der Waals surface area contributed by atoms with Crippen LogP contribution in [0.25, 0.3) is 0 Å². The minimum absolute atomic E-state index is 0.210. The second-order valence-corrected chi connectivity index (χ2v) is 5.39. The van der Waals surface area contributed by atoms with Crippen LogP contribution in [0.3, 0.4) is 0 Å². The van der Waals surface area contributed by atoms with Crippen LogP contribution in [-0.4, -0.2) is 0 Å². The van der Waals surface area contributed by atoms with Crippen molar-refractivity contribution in [1.29, 1.82) is 0 Å². The molecule has 0 saturated heterocycles. The lowest BCUT2D eigenvalue weighted by atomic mass is 10.1. The van der Waals surface area contributed by atoms with Crippen molar-refractivity contribution in [1.82, 2.24) is 0 Å². The molecule has 2 rings (SSSR count).